The minimum atomic E-state index is -3.74. The highest BCUT2D eigenvalue weighted by Gasteiger charge is 2.25. The Morgan fingerprint density at radius 1 is 1.15 bits per heavy atom. The largest absolute Gasteiger partial charge is 0.316 e. The molecular formula is C18H21N3O5S. The zero-order valence-corrected chi connectivity index (χ0v) is 16.1. The van der Waals surface area contributed by atoms with Gasteiger partial charge in [0, 0.05) is 24.7 Å². The number of sulfonamides is 1. The summed E-state index contributed by atoms with van der Waals surface area (Å²) in [6, 6.07) is 10.1. The Kier molecular flexibility index (Phi) is 6.29. The van der Waals surface area contributed by atoms with Crippen molar-refractivity contribution < 1.29 is 18.1 Å². The fraction of sp³-hybridized carbons (Fsp3) is 0.278. The van der Waals surface area contributed by atoms with Crippen molar-refractivity contribution in [2.75, 3.05) is 18.4 Å². The van der Waals surface area contributed by atoms with Gasteiger partial charge in [0.15, 0.2) is 0 Å². The number of benzene rings is 2. The normalized spacial score (nSPS) is 11.4. The van der Waals surface area contributed by atoms with Crippen LogP contribution in [0.4, 0.5) is 11.4 Å². The Hall–Kier alpha value is -2.78. The third-order valence-corrected chi connectivity index (χ3v) is 6.31. The SMILES string of the molecule is CCN(CC)S(=O)(=O)c1cc(C(=O)Nc2ccccc2[N+](=O)[O-])ccc1C. The number of nitro groups is 1. The minimum absolute atomic E-state index is 0.0428. The summed E-state index contributed by atoms with van der Waals surface area (Å²) in [6.45, 7) is 5.75. The number of nitrogens with one attached hydrogen (secondary N) is 1. The molecule has 0 saturated heterocycles. The molecule has 144 valence electrons. The molecule has 9 heteroatoms. The van der Waals surface area contributed by atoms with Gasteiger partial charge >= 0.3 is 0 Å². The molecule has 1 amide bonds. The number of para-hydroxylation sites is 2. The third kappa shape index (κ3) is 4.32. The lowest BCUT2D eigenvalue weighted by Gasteiger charge is -2.20. The van der Waals surface area contributed by atoms with Gasteiger partial charge in [-0.15, -0.1) is 0 Å². The van der Waals surface area contributed by atoms with E-state index in [4.69, 9.17) is 0 Å². The van der Waals surface area contributed by atoms with E-state index in [9.17, 15) is 23.3 Å². The van der Waals surface area contributed by atoms with Crippen LogP contribution in [0, 0.1) is 17.0 Å². The molecule has 0 unspecified atom stereocenters. The molecule has 0 aliphatic rings. The second-order valence-corrected chi connectivity index (χ2v) is 7.70. The van der Waals surface area contributed by atoms with Crippen LogP contribution in [0.15, 0.2) is 47.4 Å². The summed E-state index contributed by atoms with van der Waals surface area (Å²) >= 11 is 0. The molecule has 0 atom stereocenters. The Bertz CT molecular complexity index is 969. The smallest absolute Gasteiger partial charge is 0.292 e. The third-order valence-electron chi connectivity index (χ3n) is 4.12. The van der Waals surface area contributed by atoms with Gasteiger partial charge in [0.05, 0.1) is 9.82 Å². The van der Waals surface area contributed by atoms with Crippen molar-refractivity contribution in [1.29, 1.82) is 0 Å². The van der Waals surface area contributed by atoms with Crippen LogP contribution in [0.25, 0.3) is 0 Å². The average molecular weight is 391 g/mol. The van der Waals surface area contributed by atoms with E-state index >= 15 is 0 Å². The van der Waals surface area contributed by atoms with Crippen LogP contribution in [0.3, 0.4) is 0 Å². The number of rotatable bonds is 7. The number of amides is 1. The van der Waals surface area contributed by atoms with E-state index in [-0.39, 0.29) is 21.8 Å². The van der Waals surface area contributed by atoms with E-state index in [0.717, 1.165) is 0 Å². The summed E-state index contributed by atoms with van der Waals surface area (Å²) in [5.41, 5.74) is 0.420. The molecule has 0 aliphatic carbocycles. The highest BCUT2D eigenvalue weighted by atomic mass is 32.2. The first-order valence-corrected chi connectivity index (χ1v) is 9.82. The first-order valence-electron chi connectivity index (χ1n) is 8.37. The van der Waals surface area contributed by atoms with Crippen LogP contribution < -0.4 is 5.32 Å². The summed E-state index contributed by atoms with van der Waals surface area (Å²) in [4.78, 5) is 23.1. The summed E-state index contributed by atoms with van der Waals surface area (Å²) in [5, 5.41) is 13.6. The number of hydrogen-bond acceptors (Lipinski definition) is 5. The molecule has 0 bridgehead atoms. The van der Waals surface area contributed by atoms with Crippen molar-refractivity contribution in [3.05, 3.63) is 63.7 Å². The van der Waals surface area contributed by atoms with Gasteiger partial charge in [-0.25, -0.2) is 8.42 Å². The molecule has 0 aliphatic heterocycles. The van der Waals surface area contributed by atoms with Crippen molar-refractivity contribution in [2.24, 2.45) is 0 Å². The van der Waals surface area contributed by atoms with Gasteiger partial charge in [0.25, 0.3) is 11.6 Å². The molecule has 1 N–H and O–H groups in total. The van der Waals surface area contributed by atoms with E-state index in [2.05, 4.69) is 5.32 Å². The zero-order chi connectivity index (χ0) is 20.2. The van der Waals surface area contributed by atoms with Gasteiger partial charge in [-0.05, 0) is 30.7 Å². The molecule has 2 aromatic rings. The predicted octanol–water partition coefficient (Wildman–Crippen LogP) is 3.19. The van der Waals surface area contributed by atoms with E-state index < -0.39 is 20.9 Å². The van der Waals surface area contributed by atoms with Gasteiger partial charge in [0.1, 0.15) is 5.69 Å². The highest BCUT2D eigenvalue weighted by Crippen LogP contribution is 2.25. The van der Waals surface area contributed by atoms with Gasteiger partial charge in [-0.3, -0.25) is 14.9 Å². The van der Waals surface area contributed by atoms with Crippen LogP contribution in [0.2, 0.25) is 0 Å². The number of carbonyl (C=O) groups excluding carboxylic acids is 1. The number of aryl methyl sites for hydroxylation is 1. The predicted molar refractivity (Wildman–Crippen MR) is 102 cm³/mol. The molecule has 27 heavy (non-hydrogen) atoms. The topological polar surface area (TPSA) is 110 Å². The molecule has 2 aromatic carbocycles. The Morgan fingerprint density at radius 3 is 2.37 bits per heavy atom. The van der Waals surface area contributed by atoms with Crippen LogP contribution >= 0.6 is 0 Å². The molecule has 8 nitrogen and oxygen atoms in total. The van der Waals surface area contributed by atoms with Gasteiger partial charge in [0.2, 0.25) is 10.0 Å². The molecule has 2 rings (SSSR count). The lowest BCUT2D eigenvalue weighted by Crippen LogP contribution is -2.31. The monoisotopic (exact) mass is 391 g/mol. The lowest BCUT2D eigenvalue weighted by molar-refractivity contribution is -0.383. The minimum Gasteiger partial charge on any atom is -0.316 e. The van der Waals surface area contributed by atoms with Gasteiger partial charge < -0.3 is 5.32 Å². The summed E-state index contributed by atoms with van der Waals surface area (Å²) < 4.78 is 26.9. The molecular weight excluding hydrogens is 370 g/mol. The van der Waals surface area contributed by atoms with Crippen molar-refractivity contribution in [3.63, 3.8) is 0 Å². The van der Waals surface area contributed by atoms with E-state index in [1.54, 1.807) is 32.9 Å². The summed E-state index contributed by atoms with van der Waals surface area (Å²) in [5.74, 6) is -0.625. The molecule has 0 aromatic heterocycles. The molecule has 0 heterocycles. The number of nitro benzene ring substituents is 1. The second kappa shape index (κ2) is 8.28. The highest BCUT2D eigenvalue weighted by molar-refractivity contribution is 7.89. The van der Waals surface area contributed by atoms with Crippen LogP contribution in [-0.4, -0.2) is 36.6 Å². The number of anilines is 1. The lowest BCUT2D eigenvalue weighted by atomic mass is 10.1. The maximum atomic E-state index is 12.8. The Labute approximate surface area is 158 Å². The second-order valence-electron chi connectivity index (χ2n) is 5.80. The first-order chi connectivity index (χ1) is 12.7. The van der Waals surface area contributed by atoms with E-state index in [1.165, 1.54) is 34.6 Å². The van der Waals surface area contributed by atoms with Crippen molar-refractivity contribution >= 4 is 27.3 Å². The van der Waals surface area contributed by atoms with Crippen LogP contribution in [0.1, 0.15) is 29.8 Å². The zero-order valence-electron chi connectivity index (χ0n) is 15.3. The maximum Gasteiger partial charge on any atom is 0.292 e. The van der Waals surface area contributed by atoms with Gasteiger partial charge in [-0.2, -0.15) is 4.31 Å². The van der Waals surface area contributed by atoms with E-state index in [1.807, 2.05) is 0 Å². The maximum absolute atomic E-state index is 12.8. The van der Waals surface area contributed by atoms with Crippen molar-refractivity contribution in [1.82, 2.24) is 4.31 Å². The fourth-order valence-electron chi connectivity index (χ4n) is 2.65. The quantitative estimate of drug-likeness (QED) is 0.576. The number of hydrogen-bond donors (Lipinski definition) is 1. The fourth-order valence-corrected chi connectivity index (χ4v) is 4.36. The molecule has 0 saturated carbocycles. The average Bonchev–Trinajstić information content (AvgIpc) is 2.62. The standard InChI is InChI=1S/C18H21N3O5S/c1-4-20(5-2)27(25,26)17-12-14(11-10-13(17)3)18(22)19-15-8-6-7-9-16(15)21(23)24/h6-12H,4-5H2,1-3H3,(H,19,22). The van der Waals surface area contributed by atoms with Crippen molar-refractivity contribution in [2.45, 2.75) is 25.7 Å². The summed E-state index contributed by atoms with van der Waals surface area (Å²) in [7, 11) is -3.74. The molecule has 0 fully saturated rings. The number of nitrogens with zero attached hydrogens (tertiary/aromatic N) is 2. The van der Waals surface area contributed by atoms with Crippen LogP contribution in [-0.2, 0) is 10.0 Å². The summed E-state index contributed by atoms with van der Waals surface area (Å²) in [6.07, 6.45) is 0. The van der Waals surface area contributed by atoms with Gasteiger partial charge in [-0.1, -0.05) is 32.0 Å². The van der Waals surface area contributed by atoms with Crippen molar-refractivity contribution in [3.8, 4) is 0 Å². The number of carbonyl (C=O) groups is 1. The van der Waals surface area contributed by atoms with E-state index in [0.29, 0.717) is 18.7 Å². The van der Waals surface area contributed by atoms with Crippen LogP contribution in [0.5, 0.6) is 0 Å². The molecule has 0 spiro atoms. The molecule has 0 radical (unpaired) electrons. The first kappa shape index (κ1) is 20.5. The Balaban J connectivity index is 2.41. The Morgan fingerprint density at radius 2 is 1.78 bits per heavy atom.